The Bertz CT molecular complexity index is 1450. The lowest BCUT2D eigenvalue weighted by molar-refractivity contribution is 0.0691. The molecule has 3 aromatic rings. The third kappa shape index (κ3) is 3.73. The molecule has 8 nitrogen and oxygen atoms in total. The van der Waals surface area contributed by atoms with Crippen LogP contribution in [0.2, 0.25) is 0 Å². The van der Waals surface area contributed by atoms with Gasteiger partial charge in [-0.2, -0.15) is 9.40 Å². The molecule has 1 aliphatic heterocycles. The molecule has 34 heavy (non-hydrogen) atoms. The Morgan fingerprint density at radius 2 is 1.32 bits per heavy atom. The van der Waals surface area contributed by atoms with E-state index in [0.717, 1.165) is 27.8 Å². The summed E-state index contributed by atoms with van der Waals surface area (Å²) in [5, 5.41) is 5.16. The summed E-state index contributed by atoms with van der Waals surface area (Å²) in [7, 11) is -2.19. The number of carbonyl (C=O) groups is 1. The lowest BCUT2D eigenvalue weighted by Crippen LogP contribution is -2.51. The van der Waals surface area contributed by atoms with Gasteiger partial charge in [0.15, 0.2) is 5.69 Å². The van der Waals surface area contributed by atoms with E-state index in [1.807, 2.05) is 34.6 Å². The van der Waals surface area contributed by atoms with Crippen LogP contribution in [0.3, 0.4) is 0 Å². The molecule has 0 radical (unpaired) electrons. The van der Waals surface area contributed by atoms with Gasteiger partial charge in [-0.25, -0.2) is 13.1 Å². The minimum atomic E-state index is -3.71. The molecule has 1 saturated heterocycles. The van der Waals surface area contributed by atoms with Crippen LogP contribution in [0.4, 0.5) is 0 Å². The van der Waals surface area contributed by atoms with Crippen molar-refractivity contribution in [3.8, 4) is 0 Å². The van der Waals surface area contributed by atoms with Crippen molar-refractivity contribution in [2.24, 2.45) is 7.05 Å². The molecule has 180 valence electrons. The topological polar surface area (TPSA) is 92.6 Å². The molecule has 0 atom stereocenters. The number of hydrogen-bond acceptors (Lipinski definition) is 5. The zero-order chi connectivity index (χ0) is 24.9. The maximum Gasteiger partial charge on any atom is 0.275 e. The third-order valence-electron chi connectivity index (χ3n) is 7.21. The first-order valence-corrected chi connectivity index (χ1v) is 12.7. The van der Waals surface area contributed by atoms with Gasteiger partial charge in [0.1, 0.15) is 0 Å². The van der Waals surface area contributed by atoms with Crippen LogP contribution in [0.1, 0.15) is 38.3 Å². The van der Waals surface area contributed by atoms with E-state index in [4.69, 9.17) is 0 Å². The maximum absolute atomic E-state index is 13.6. The fourth-order valence-corrected chi connectivity index (χ4v) is 6.70. The second kappa shape index (κ2) is 8.63. The number of aromatic nitrogens is 2. The number of hydrogen-bond donors (Lipinski definition) is 0. The number of rotatable bonds is 3. The van der Waals surface area contributed by atoms with E-state index in [0.29, 0.717) is 15.7 Å². The van der Waals surface area contributed by atoms with Crippen molar-refractivity contribution < 1.29 is 13.2 Å². The molecule has 2 heterocycles. The van der Waals surface area contributed by atoms with E-state index in [1.165, 1.54) is 16.0 Å². The highest BCUT2D eigenvalue weighted by Crippen LogP contribution is 2.32. The average Bonchev–Trinajstić information content (AvgIpc) is 2.83. The van der Waals surface area contributed by atoms with Gasteiger partial charge in [0, 0.05) is 38.6 Å². The van der Waals surface area contributed by atoms with E-state index in [9.17, 15) is 18.0 Å². The first kappa shape index (κ1) is 24.1. The molecule has 0 bridgehead atoms. The zero-order valence-electron chi connectivity index (χ0n) is 20.5. The Morgan fingerprint density at radius 3 is 1.88 bits per heavy atom. The molecule has 0 spiro atoms. The standard InChI is InChI=1S/C25H30N4O4S/c1-15-16(2)18(4)23(19(5)17(15)3)34(32,33)29-13-11-28(12-14-29)25(31)22-20-9-7-8-10-21(20)24(30)27(6)26-22/h7-10H,11-14H2,1-6H3. The number of amides is 1. The SMILES string of the molecule is Cc1c(C)c(C)c(S(=O)(=O)N2CCN(C(=O)c3nn(C)c(=O)c4ccccc34)CC2)c(C)c1C. The summed E-state index contributed by atoms with van der Waals surface area (Å²) in [6.45, 7) is 10.5. The summed E-state index contributed by atoms with van der Waals surface area (Å²) in [6, 6.07) is 6.91. The van der Waals surface area contributed by atoms with Crippen LogP contribution in [0.25, 0.3) is 10.8 Å². The molecule has 1 amide bonds. The monoisotopic (exact) mass is 482 g/mol. The second-order valence-corrected chi connectivity index (χ2v) is 10.8. The van der Waals surface area contributed by atoms with Gasteiger partial charge in [0.25, 0.3) is 11.5 Å². The van der Waals surface area contributed by atoms with Gasteiger partial charge in [0.05, 0.1) is 10.3 Å². The first-order valence-electron chi connectivity index (χ1n) is 11.3. The summed E-state index contributed by atoms with van der Waals surface area (Å²) in [6.07, 6.45) is 0. The summed E-state index contributed by atoms with van der Waals surface area (Å²) in [5.41, 5.74) is 4.58. The van der Waals surface area contributed by atoms with Crippen molar-refractivity contribution in [3.05, 3.63) is 68.1 Å². The number of piperazine rings is 1. The average molecular weight is 483 g/mol. The molecule has 9 heteroatoms. The largest absolute Gasteiger partial charge is 0.335 e. The van der Waals surface area contributed by atoms with E-state index in [1.54, 1.807) is 29.2 Å². The number of sulfonamides is 1. The maximum atomic E-state index is 13.6. The summed E-state index contributed by atoms with van der Waals surface area (Å²) >= 11 is 0. The highest BCUT2D eigenvalue weighted by molar-refractivity contribution is 7.89. The van der Waals surface area contributed by atoms with Crippen LogP contribution >= 0.6 is 0 Å². The predicted octanol–water partition coefficient (Wildman–Crippen LogP) is 2.62. The molecule has 1 fully saturated rings. The van der Waals surface area contributed by atoms with Crippen LogP contribution in [0, 0.1) is 34.6 Å². The highest BCUT2D eigenvalue weighted by atomic mass is 32.2. The van der Waals surface area contributed by atoms with Crippen LogP contribution in [0.5, 0.6) is 0 Å². The molecule has 0 unspecified atom stereocenters. The molecule has 1 aliphatic rings. The fourth-order valence-electron chi connectivity index (χ4n) is 4.72. The summed E-state index contributed by atoms with van der Waals surface area (Å²) in [5.74, 6) is -0.307. The van der Waals surface area contributed by atoms with E-state index >= 15 is 0 Å². The van der Waals surface area contributed by atoms with E-state index in [-0.39, 0.29) is 43.3 Å². The number of benzene rings is 2. The van der Waals surface area contributed by atoms with E-state index in [2.05, 4.69) is 5.10 Å². The van der Waals surface area contributed by atoms with Gasteiger partial charge >= 0.3 is 0 Å². The highest BCUT2D eigenvalue weighted by Gasteiger charge is 2.34. The van der Waals surface area contributed by atoms with Crippen molar-refractivity contribution in [1.29, 1.82) is 0 Å². The Kier molecular flexibility index (Phi) is 6.12. The van der Waals surface area contributed by atoms with Crippen LogP contribution in [-0.4, -0.2) is 59.5 Å². The van der Waals surface area contributed by atoms with Gasteiger partial charge in [-0.15, -0.1) is 0 Å². The second-order valence-electron chi connectivity index (χ2n) is 8.97. The van der Waals surface area contributed by atoms with Crippen molar-refractivity contribution >= 4 is 26.7 Å². The third-order valence-corrected chi connectivity index (χ3v) is 9.39. The number of nitrogens with zero attached hydrogens (tertiary/aromatic N) is 4. The first-order chi connectivity index (χ1) is 16.0. The minimum Gasteiger partial charge on any atom is -0.335 e. The number of carbonyl (C=O) groups excluding carboxylic acids is 1. The smallest absolute Gasteiger partial charge is 0.275 e. The molecule has 1 aromatic heterocycles. The van der Waals surface area contributed by atoms with Crippen LogP contribution in [-0.2, 0) is 17.1 Å². The number of aryl methyl sites for hydroxylation is 1. The predicted molar refractivity (Wildman–Crippen MR) is 132 cm³/mol. The van der Waals surface area contributed by atoms with Gasteiger partial charge in [-0.3, -0.25) is 9.59 Å². The lowest BCUT2D eigenvalue weighted by atomic mass is 9.95. The van der Waals surface area contributed by atoms with Crippen molar-refractivity contribution in [2.75, 3.05) is 26.2 Å². The molecule has 4 rings (SSSR count). The van der Waals surface area contributed by atoms with E-state index < -0.39 is 10.0 Å². The molecular formula is C25H30N4O4S. The van der Waals surface area contributed by atoms with Gasteiger partial charge in [0.2, 0.25) is 10.0 Å². The van der Waals surface area contributed by atoms with Gasteiger partial charge in [-0.05, 0) is 68.5 Å². The fraction of sp³-hybridized carbons (Fsp3) is 0.400. The summed E-state index contributed by atoms with van der Waals surface area (Å²) < 4.78 is 29.9. The molecule has 0 aliphatic carbocycles. The van der Waals surface area contributed by atoms with Gasteiger partial charge in [-0.1, -0.05) is 18.2 Å². The van der Waals surface area contributed by atoms with Crippen LogP contribution in [0.15, 0.2) is 34.0 Å². The zero-order valence-corrected chi connectivity index (χ0v) is 21.3. The van der Waals surface area contributed by atoms with Crippen molar-refractivity contribution in [3.63, 3.8) is 0 Å². The lowest BCUT2D eigenvalue weighted by Gasteiger charge is -2.35. The number of fused-ring (bicyclic) bond motifs is 1. The Morgan fingerprint density at radius 1 is 0.824 bits per heavy atom. The molecule has 0 saturated carbocycles. The van der Waals surface area contributed by atoms with Crippen molar-refractivity contribution in [2.45, 2.75) is 39.5 Å². The Labute approximate surface area is 199 Å². The summed E-state index contributed by atoms with van der Waals surface area (Å²) in [4.78, 5) is 27.7. The Balaban J connectivity index is 1.62. The normalized spacial score (nSPS) is 15.2. The Hall–Kier alpha value is -3.04. The van der Waals surface area contributed by atoms with Gasteiger partial charge < -0.3 is 4.90 Å². The van der Waals surface area contributed by atoms with Crippen LogP contribution < -0.4 is 5.56 Å². The van der Waals surface area contributed by atoms with Crippen molar-refractivity contribution in [1.82, 2.24) is 19.0 Å². The molecule has 0 N–H and O–H groups in total. The molecular weight excluding hydrogens is 452 g/mol. The minimum absolute atomic E-state index is 0.197. The quantitative estimate of drug-likeness (QED) is 0.572. The molecule has 2 aromatic carbocycles.